The second kappa shape index (κ2) is 7.43. The molecule has 0 atom stereocenters. The van der Waals surface area contributed by atoms with Crippen LogP contribution in [0.15, 0.2) is 40.9 Å². The number of anilines is 1. The van der Waals surface area contributed by atoms with Crippen LogP contribution in [0.25, 0.3) is 0 Å². The summed E-state index contributed by atoms with van der Waals surface area (Å²) in [5, 5.41) is 15.3. The zero-order valence-electron chi connectivity index (χ0n) is 12.5. The lowest BCUT2D eigenvalue weighted by molar-refractivity contribution is 0.0974. The zero-order valence-corrected chi connectivity index (χ0v) is 14.9. The van der Waals surface area contributed by atoms with Crippen molar-refractivity contribution >= 4 is 44.9 Å². The van der Waals surface area contributed by atoms with Crippen molar-refractivity contribution in [2.45, 2.75) is 6.92 Å². The molecule has 23 heavy (non-hydrogen) atoms. The minimum absolute atomic E-state index is 0.0571. The topological polar surface area (TPSA) is 70.6 Å². The van der Waals surface area contributed by atoms with E-state index < -0.39 is 5.91 Å². The van der Waals surface area contributed by atoms with E-state index in [0.29, 0.717) is 17.0 Å². The van der Waals surface area contributed by atoms with Crippen LogP contribution in [-0.4, -0.2) is 23.2 Å². The molecule has 5 nitrogen and oxygen atoms in total. The molecule has 0 radical (unpaired) electrons. The molecule has 2 rings (SSSR count). The second-order valence-corrected chi connectivity index (χ2v) is 6.10. The number of methoxy groups -OCH3 is 1. The van der Waals surface area contributed by atoms with Crippen LogP contribution in [-0.2, 0) is 0 Å². The number of ether oxygens (including phenoxy) is 1. The van der Waals surface area contributed by atoms with Crippen molar-refractivity contribution < 1.29 is 14.6 Å². The first-order valence-corrected chi connectivity index (χ1v) is 7.86. The minimum atomic E-state index is -0.410. The molecule has 1 amide bonds. The van der Waals surface area contributed by atoms with Crippen molar-refractivity contribution in [1.29, 1.82) is 0 Å². The van der Waals surface area contributed by atoms with Gasteiger partial charge < -0.3 is 15.2 Å². The SMILES string of the molecule is COc1ccc(Br)cc1C(=O)NC(=S)Nc1ccc(C)cc1O. The van der Waals surface area contributed by atoms with Gasteiger partial charge in [0.15, 0.2) is 5.11 Å². The maximum absolute atomic E-state index is 12.3. The number of nitrogens with one attached hydrogen (secondary N) is 2. The van der Waals surface area contributed by atoms with Crippen molar-refractivity contribution in [3.05, 3.63) is 52.0 Å². The Morgan fingerprint density at radius 3 is 2.65 bits per heavy atom. The van der Waals surface area contributed by atoms with Crippen LogP contribution < -0.4 is 15.4 Å². The average Bonchev–Trinajstić information content (AvgIpc) is 2.50. The Morgan fingerprint density at radius 2 is 2.00 bits per heavy atom. The molecule has 0 heterocycles. The van der Waals surface area contributed by atoms with Crippen LogP contribution in [0, 0.1) is 6.92 Å². The number of phenolic OH excluding ortho intramolecular Hbond substituents is 1. The fraction of sp³-hybridized carbons (Fsp3) is 0.125. The van der Waals surface area contributed by atoms with E-state index in [1.807, 2.05) is 13.0 Å². The number of hydrogen-bond acceptors (Lipinski definition) is 4. The molecule has 0 unspecified atom stereocenters. The maximum atomic E-state index is 12.3. The van der Waals surface area contributed by atoms with Crippen molar-refractivity contribution in [1.82, 2.24) is 5.32 Å². The lowest BCUT2D eigenvalue weighted by atomic mass is 10.2. The smallest absolute Gasteiger partial charge is 0.261 e. The van der Waals surface area contributed by atoms with E-state index in [-0.39, 0.29) is 10.9 Å². The van der Waals surface area contributed by atoms with E-state index in [0.717, 1.165) is 10.0 Å². The molecular weight excluding hydrogens is 380 g/mol. The molecular formula is C16H15BrN2O3S. The lowest BCUT2D eigenvalue weighted by Gasteiger charge is -2.13. The fourth-order valence-corrected chi connectivity index (χ4v) is 2.49. The average molecular weight is 395 g/mol. The van der Waals surface area contributed by atoms with Gasteiger partial charge >= 0.3 is 0 Å². The third-order valence-corrected chi connectivity index (χ3v) is 3.73. The van der Waals surface area contributed by atoms with Crippen LogP contribution in [0.1, 0.15) is 15.9 Å². The first kappa shape index (κ1) is 17.2. The summed E-state index contributed by atoms with van der Waals surface area (Å²) in [5.74, 6) is 0.0839. The number of aryl methyl sites for hydroxylation is 1. The number of amides is 1. The molecule has 0 fully saturated rings. The summed E-state index contributed by atoms with van der Waals surface area (Å²) in [6.07, 6.45) is 0. The highest BCUT2D eigenvalue weighted by atomic mass is 79.9. The Morgan fingerprint density at radius 1 is 1.26 bits per heavy atom. The van der Waals surface area contributed by atoms with Crippen LogP contribution in [0.3, 0.4) is 0 Å². The Labute approximate surface area is 147 Å². The monoisotopic (exact) mass is 394 g/mol. The number of hydrogen-bond donors (Lipinski definition) is 3. The number of halogens is 1. The van der Waals surface area contributed by atoms with Crippen LogP contribution in [0.2, 0.25) is 0 Å². The van der Waals surface area contributed by atoms with Gasteiger partial charge in [0.25, 0.3) is 5.91 Å². The Kier molecular flexibility index (Phi) is 5.57. The largest absolute Gasteiger partial charge is 0.506 e. The Balaban J connectivity index is 2.11. The Hall–Kier alpha value is -2.12. The zero-order chi connectivity index (χ0) is 17.0. The highest BCUT2D eigenvalue weighted by molar-refractivity contribution is 9.10. The first-order chi connectivity index (χ1) is 10.9. The van der Waals surface area contributed by atoms with Gasteiger partial charge in [-0.05, 0) is 55.0 Å². The minimum Gasteiger partial charge on any atom is -0.506 e. The third-order valence-electron chi connectivity index (χ3n) is 3.03. The number of rotatable bonds is 3. The maximum Gasteiger partial charge on any atom is 0.261 e. The van der Waals surface area contributed by atoms with Crippen molar-refractivity contribution in [2.75, 3.05) is 12.4 Å². The highest BCUT2D eigenvalue weighted by Crippen LogP contribution is 2.24. The van der Waals surface area contributed by atoms with E-state index in [4.69, 9.17) is 17.0 Å². The quantitative estimate of drug-likeness (QED) is 0.547. The third kappa shape index (κ3) is 4.43. The van der Waals surface area contributed by atoms with Gasteiger partial charge in [0.2, 0.25) is 0 Å². The van der Waals surface area contributed by atoms with Gasteiger partial charge in [0, 0.05) is 4.47 Å². The molecule has 120 valence electrons. The lowest BCUT2D eigenvalue weighted by Crippen LogP contribution is -2.34. The molecule has 0 spiro atoms. The summed E-state index contributed by atoms with van der Waals surface area (Å²) in [5.41, 5.74) is 1.68. The summed E-state index contributed by atoms with van der Waals surface area (Å²) in [4.78, 5) is 12.3. The molecule has 7 heteroatoms. The van der Waals surface area contributed by atoms with Gasteiger partial charge in [-0.3, -0.25) is 10.1 Å². The molecule has 0 aromatic heterocycles. The molecule has 0 aliphatic carbocycles. The summed E-state index contributed by atoms with van der Waals surface area (Å²) in [7, 11) is 1.49. The number of carbonyl (C=O) groups excluding carboxylic acids is 1. The van der Waals surface area contributed by atoms with Gasteiger partial charge in [-0.1, -0.05) is 22.0 Å². The van der Waals surface area contributed by atoms with Gasteiger partial charge in [0.1, 0.15) is 11.5 Å². The van der Waals surface area contributed by atoms with Gasteiger partial charge in [-0.15, -0.1) is 0 Å². The van der Waals surface area contributed by atoms with E-state index in [2.05, 4.69) is 26.6 Å². The second-order valence-electron chi connectivity index (χ2n) is 4.77. The predicted molar refractivity (Wildman–Crippen MR) is 97.2 cm³/mol. The first-order valence-electron chi connectivity index (χ1n) is 6.66. The van der Waals surface area contributed by atoms with E-state index >= 15 is 0 Å². The molecule has 0 saturated carbocycles. The van der Waals surface area contributed by atoms with Gasteiger partial charge in [-0.2, -0.15) is 0 Å². The van der Waals surface area contributed by atoms with Gasteiger partial charge in [0.05, 0.1) is 18.4 Å². The number of aromatic hydroxyl groups is 1. The summed E-state index contributed by atoms with van der Waals surface area (Å²) >= 11 is 8.42. The molecule has 0 aliphatic heterocycles. The molecule has 0 bridgehead atoms. The molecule has 0 aliphatic rings. The van der Waals surface area contributed by atoms with Crippen LogP contribution >= 0.6 is 28.1 Å². The van der Waals surface area contributed by atoms with Crippen molar-refractivity contribution in [2.24, 2.45) is 0 Å². The standard InChI is InChI=1S/C16H15BrN2O3S/c1-9-3-5-12(13(20)7-9)18-16(23)19-15(21)11-8-10(17)4-6-14(11)22-2/h3-8,20H,1-2H3,(H2,18,19,21,23). The Bertz CT molecular complexity index is 765. The predicted octanol–water partition coefficient (Wildman–Crippen LogP) is 3.60. The molecule has 3 N–H and O–H groups in total. The van der Waals surface area contributed by atoms with Gasteiger partial charge in [-0.25, -0.2) is 0 Å². The van der Waals surface area contributed by atoms with Crippen molar-refractivity contribution in [3.63, 3.8) is 0 Å². The number of phenols is 1. The number of thiocarbonyl (C=S) groups is 1. The number of carbonyl (C=O) groups is 1. The van der Waals surface area contributed by atoms with E-state index in [1.165, 1.54) is 7.11 Å². The summed E-state index contributed by atoms with van der Waals surface area (Å²) in [6.45, 7) is 1.86. The summed E-state index contributed by atoms with van der Waals surface area (Å²) < 4.78 is 5.92. The van der Waals surface area contributed by atoms with E-state index in [1.54, 1.807) is 30.3 Å². The van der Waals surface area contributed by atoms with Crippen LogP contribution in [0.4, 0.5) is 5.69 Å². The van der Waals surface area contributed by atoms with Crippen LogP contribution in [0.5, 0.6) is 11.5 Å². The fourth-order valence-electron chi connectivity index (χ4n) is 1.93. The molecule has 2 aromatic rings. The summed E-state index contributed by atoms with van der Waals surface area (Å²) in [6, 6.07) is 10.2. The normalized spacial score (nSPS) is 10.0. The number of benzene rings is 2. The molecule has 0 saturated heterocycles. The highest BCUT2D eigenvalue weighted by Gasteiger charge is 2.14. The van der Waals surface area contributed by atoms with E-state index in [9.17, 15) is 9.90 Å². The van der Waals surface area contributed by atoms with Crippen molar-refractivity contribution in [3.8, 4) is 11.5 Å². The molecule has 2 aromatic carbocycles.